The maximum atomic E-state index is 12.4. The van der Waals surface area contributed by atoms with Crippen LogP contribution in [0.3, 0.4) is 0 Å². The first kappa shape index (κ1) is 13.1. The highest BCUT2D eigenvalue weighted by Gasteiger charge is 2.54. The van der Waals surface area contributed by atoms with Crippen LogP contribution >= 0.6 is 0 Å². The lowest BCUT2D eigenvalue weighted by atomic mass is 9.69. The van der Waals surface area contributed by atoms with Gasteiger partial charge in [0.25, 0.3) is 0 Å². The molecule has 20 heavy (non-hydrogen) atoms. The Morgan fingerprint density at radius 1 is 1.10 bits per heavy atom. The van der Waals surface area contributed by atoms with Gasteiger partial charge in [-0.3, -0.25) is 4.79 Å². The van der Waals surface area contributed by atoms with E-state index in [-0.39, 0.29) is 17.3 Å². The number of carbonyl (C=O) groups excluding carboxylic acids is 1. The fourth-order valence-electron chi connectivity index (χ4n) is 4.13. The molecule has 2 aliphatic heterocycles. The van der Waals surface area contributed by atoms with E-state index in [1.54, 1.807) is 0 Å². The predicted octanol–water partition coefficient (Wildman–Crippen LogP) is 2.30. The molecule has 4 rings (SSSR count). The topological polar surface area (TPSA) is 51.4 Å². The molecule has 112 valence electrons. The Balaban J connectivity index is 1.30. The van der Waals surface area contributed by atoms with Crippen LogP contribution in [0.15, 0.2) is 0 Å². The van der Waals surface area contributed by atoms with Gasteiger partial charge in [0.15, 0.2) is 0 Å². The summed E-state index contributed by atoms with van der Waals surface area (Å²) >= 11 is 0. The van der Waals surface area contributed by atoms with Crippen molar-refractivity contribution in [3.05, 3.63) is 0 Å². The van der Waals surface area contributed by atoms with Crippen LogP contribution in [-0.4, -0.2) is 37.0 Å². The summed E-state index contributed by atoms with van der Waals surface area (Å²) in [6.07, 6.45) is 6.86. The van der Waals surface area contributed by atoms with Crippen molar-refractivity contribution >= 4 is 5.97 Å². The van der Waals surface area contributed by atoms with Gasteiger partial charge in [-0.05, 0) is 43.4 Å². The van der Waals surface area contributed by atoms with Crippen molar-refractivity contribution in [3.63, 3.8) is 0 Å². The van der Waals surface area contributed by atoms with E-state index in [1.807, 2.05) is 0 Å². The lowest BCUT2D eigenvalue weighted by molar-refractivity contribution is -0.155. The van der Waals surface area contributed by atoms with Crippen LogP contribution in [0, 0.1) is 17.3 Å². The summed E-state index contributed by atoms with van der Waals surface area (Å²) in [4.78, 5) is 12.4. The first-order chi connectivity index (χ1) is 9.53. The second-order valence-electron chi connectivity index (χ2n) is 7.72. The molecule has 2 saturated carbocycles. The monoisotopic (exact) mass is 280 g/mol. The molecule has 4 aliphatic rings. The standard InChI is InChI=1S/C16H24O4/c1-16(2)7-14-13(20-14)6-10(16)15(17)18-8-9-3-4-11-12(5-9)19-11/h9-14H,3-8H2,1-2H3. The van der Waals surface area contributed by atoms with E-state index in [0.29, 0.717) is 36.9 Å². The van der Waals surface area contributed by atoms with Crippen LogP contribution in [0.25, 0.3) is 0 Å². The quantitative estimate of drug-likeness (QED) is 0.588. The average Bonchev–Trinajstić information content (AvgIpc) is 3.27. The van der Waals surface area contributed by atoms with Crippen molar-refractivity contribution in [2.45, 2.75) is 70.4 Å². The minimum atomic E-state index is -0.0113. The third kappa shape index (κ3) is 2.37. The van der Waals surface area contributed by atoms with Crippen LogP contribution in [0.5, 0.6) is 0 Å². The zero-order valence-corrected chi connectivity index (χ0v) is 12.3. The zero-order valence-electron chi connectivity index (χ0n) is 12.3. The van der Waals surface area contributed by atoms with Crippen LogP contribution in [0.4, 0.5) is 0 Å². The van der Waals surface area contributed by atoms with E-state index < -0.39 is 0 Å². The van der Waals surface area contributed by atoms with Gasteiger partial charge in [-0.2, -0.15) is 0 Å². The number of hydrogen-bond acceptors (Lipinski definition) is 4. The van der Waals surface area contributed by atoms with E-state index in [4.69, 9.17) is 14.2 Å². The first-order valence-electron chi connectivity index (χ1n) is 8.00. The smallest absolute Gasteiger partial charge is 0.309 e. The molecule has 2 heterocycles. The molecular weight excluding hydrogens is 256 g/mol. The van der Waals surface area contributed by atoms with Gasteiger partial charge in [0, 0.05) is 0 Å². The van der Waals surface area contributed by atoms with Gasteiger partial charge in [0.1, 0.15) is 0 Å². The van der Waals surface area contributed by atoms with Gasteiger partial charge in [-0.1, -0.05) is 13.8 Å². The number of esters is 1. The second-order valence-corrected chi connectivity index (χ2v) is 7.72. The van der Waals surface area contributed by atoms with Gasteiger partial charge in [0.2, 0.25) is 0 Å². The van der Waals surface area contributed by atoms with E-state index in [9.17, 15) is 4.79 Å². The van der Waals surface area contributed by atoms with E-state index >= 15 is 0 Å². The van der Waals surface area contributed by atoms with Crippen molar-refractivity contribution in [2.24, 2.45) is 17.3 Å². The maximum Gasteiger partial charge on any atom is 0.309 e. The minimum absolute atomic E-state index is 0.000218. The summed E-state index contributed by atoms with van der Waals surface area (Å²) in [5.74, 6) is 0.488. The molecule has 0 radical (unpaired) electrons. The number of ether oxygens (including phenoxy) is 3. The fraction of sp³-hybridized carbons (Fsp3) is 0.938. The van der Waals surface area contributed by atoms with Crippen molar-refractivity contribution in [2.75, 3.05) is 6.61 Å². The molecule has 0 aromatic carbocycles. The highest BCUT2D eigenvalue weighted by atomic mass is 16.6. The third-order valence-electron chi connectivity index (χ3n) is 5.68. The summed E-state index contributed by atoms with van der Waals surface area (Å²) in [6, 6.07) is 0. The van der Waals surface area contributed by atoms with Gasteiger partial charge in [-0.25, -0.2) is 0 Å². The largest absolute Gasteiger partial charge is 0.465 e. The highest BCUT2D eigenvalue weighted by molar-refractivity contribution is 5.73. The van der Waals surface area contributed by atoms with Gasteiger partial charge in [0.05, 0.1) is 36.9 Å². The first-order valence-corrected chi connectivity index (χ1v) is 8.00. The molecule has 4 fully saturated rings. The number of rotatable bonds is 3. The molecule has 0 aromatic heterocycles. The van der Waals surface area contributed by atoms with Crippen molar-refractivity contribution in [3.8, 4) is 0 Å². The third-order valence-corrected chi connectivity index (χ3v) is 5.68. The Hall–Kier alpha value is -0.610. The molecule has 0 bridgehead atoms. The lowest BCUT2D eigenvalue weighted by Gasteiger charge is -2.35. The summed E-state index contributed by atoms with van der Waals surface area (Å²) in [5.41, 5.74) is 0.00597. The Morgan fingerprint density at radius 2 is 1.85 bits per heavy atom. The summed E-state index contributed by atoms with van der Waals surface area (Å²) < 4.78 is 16.8. The molecule has 2 saturated heterocycles. The number of hydrogen-bond donors (Lipinski definition) is 0. The molecule has 4 heteroatoms. The Labute approximate surface area is 120 Å². The summed E-state index contributed by atoms with van der Waals surface area (Å²) in [6.45, 7) is 4.91. The average molecular weight is 280 g/mol. The molecule has 6 unspecified atom stereocenters. The number of fused-ring (bicyclic) bond motifs is 2. The maximum absolute atomic E-state index is 12.4. The van der Waals surface area contributed by atoms with Gasteiger partial charge < -0.3 is 14.2 Å². The van der Waals surface area contributed by atoms with Crippen molar-refractivity contribution in [1.29, 1.82) is 0 Å². The minimum Gasteiger partial charge on any atom is -0.465 e. The Kier molecular flexibility index (Phi) is 2.90. The van der Waals surface area contributed by atoms with E-state index in [0.717, 1.165) is 32.1 Å². The van der Waals surface area contributed by atoms with Crippen LogP contribution < -0.4 is 0 Å². The van der Waals surface area contributed by atoms with E-state index in [1.165, 1.54) is 0 Å². The van der Waals surface area contributed by atoms with Crippen molar-refractivity contribution < 1.29 is 19.0 Å². The molecule has 0 N–H and O–H groups in total. The molecule has 0 aromatic rings. The Bertz CT molecular complexity index is 419. The highest BCUT2D eigenvalue weighted by Crippen LogP contribution is 2.50. The van der Waals surface area contributed by atoms with Crippen LogP contribution in [-0.2, 0) is 19.0 Å². The molecular formula is C16H24O4. The van der Waals surface area contributed by atoms with Gasteiger partial charge >= 0.3 is 5.97 Å². The van der Waals surface area contributed by atoms with Crippen molar-refractivity contribution in [1.82, 2.24) is 0 Å². The lowest BCUT2D eigenvalue weighted by Crippen LogP contribution is -2.38. The predicted molar refractivity (Wildman–Crippen MR) is 72.1 cm³/mol. The molecule has 4 nitrogen and oxygen atoms in total. The van der Waals surface area contributed by atoms with Crippen LogP contribution in [0.2, 0.25) is 0 Å². The molecule has 6 atom stereocenters. The normalized spacial score (nSPS) is 47.9. The SMILES string of the molecule is CC1(C)CC2OC2CC1C(=O)OCC1CCC2OC2C1. The fourth-order valence-corrected chi connectivity index (χ4v) is 4.13. The summed E-state index contributed by atoms with van der Waals surface area (Å²) in [5, 5.41) is 0. The molecule has 0 amide bonds. The molecule has 2 aliphatic carbocycles. The van der Waals surface area contributed by atoms with Crippen LogP contribution in [0.1, 0.15) is 46.0 Å². The summed E-state index contributed by atoms with van der Waals surface area (Å²) in [7, 11) is 0. The number of carbonyl (C=O) groups is 1. The zero-order chi connectivity index (χ0) is 13.9. The number of epoxide rings is 2. The van der Waals surface area contributed by atoms with E-state index in [2.05, 4.69) is 13.8 Å². The van der Waals surface area contributed by atoms with Gasteiger partial charge in [-0.15, -0.1) is 0 Å². The molecule has 0 spiro atoms. The second kappa shape index (κ2) is 4.44. The Morgan fingerprint density at radius 3 is 2.65 bits per heavy atom.